The summed E-state index contributed by atoms with van der Waals surface area (Å²) in [6.07, 6.45) is 7.22. The van der Waals surface area contributed by atoms with E-state index in [-0.39, 0.29) is 0 Å². The molecule has 1 aliphatic carbocycles. The molecule has 0 radical (unpaired) electrons. The van der Waals surface area contributed by atoms with Crippen LogP contribution in [0.1, 0.15) is 52.9 Å². The van der Waals surface area contributed by atoms with Gasteiger partial charge in [-0.25, -0.2) is 0 Å². The fourth-order valence-electron chi connectivity index (χ4n) is 4.51. The van der Waals surface area contributed by atoms with Gasteiger partial charge in [0.25, 0.3) is 0 Å². The maximum Gasteiger partial charge on any atom is 0.0346 e. The first-order valence-corrected chi connectivity index (χ1v) is 9.23. The van der Waals surface area contributed by atoms with Gasteiger partial charge in [0.2, 0.25) is 0 Å². The maximum atomic E-state index is 3.41. The predicted molar refractivity (Wildman–Crippen MR) is 89.6 cm³/mol. The van der Waals surface area contributed by atoms with Crippen molar-refractivity contribution >= 4 is 0 Å². The third-order valence-corrected chi connectivity index (χ3v) is 6.30. The van der Waals surface area contributed by atoms with Gasteiger partial charge in [-0.2, -0.15) is 0 Å². The van der Waals surface area contributed by atoms with E-state index in [1.165, 1.54) is 71.4 Å². The Morgan fingerprint density at radius 3 is 1.90 bits per heavy atom. The first kappa shape index (κ1) is 15.8. The summed E-state index contributed by atoms with van der Waals surface area (Å²) in [5.74, 6) is 0.935. The molecule has 0 aromatic carbocycles. The SMILES string of the molecule is CC(C)(C)C1CCCC(N2CCN(C3CNC3)CC2)CC1. The van der Waals surface area contributed by atoms with E-state index in [1.54, 1.807) is 0 Å². The summed E-state index contributed by atoms with van der Waals surface area (Å²) in [6.45, 7) is 14.9. The maximum absolute atomic E-state index is 3.41. The van der Waals surface area contributed by atoms with Gasteiger partial charge in [-0.15, -0.1) is 0 Å². The number of hydrogen-bond donors (Lipinski definition) is 1. The van der Waals surface area contributed by atoms with E-state index in [2.05, 4.69) is 35.9 Å². The zero-order chi connectivity index (χ0) is 14.9. The fraction of sp³-hybridized carbons (Fsp3) is 1.00. The van der Waals surface area contributed by atoms with Gasteiger partial charge in [-0.3, -0.25) is 9.80 Å². The Labute approximate surface area is 131 Å². The van der Waals surface area contributed by atoms with Gasteiger partial charge in [-0.1, -0.05) is 27.2 Å². The van der Waals surface area contributed by atoms with E-state index in [9.17, 15) is 0 Å². The van der Waals surface area contributed by atoms with Crippen molar-refractivity contribution in [2.24, 2.45) is 11.3 Å². The van der Waals surface area contributed by atoms with Crippen LogP contribution in [0, 0.1) is 11.3 Å². The van der Waals surface area contributed by atoms with E-state index in [0.717, 1.165) is 18.0 Å². The van der Waals surface area contributed by atoms with Gasteiger partial charge >= 0.3 is 0 Å². The molecule has 1 N–H and O–H groups in total. The minimum absolute atomic E-state index is 0.505. The molecule has 2 atom stereocenters. The Morgan fingerprint density at radius 2 is 1.38 bits per heavy atom. The lowest BCUT2D eigenvalue weighted by molar-refractivity contribution is 0.0471. The molecular formula is C18H35N3. The number of hydrogen-bond acceptors (Lipinski definition) is 3. The van der Waals surface area contributed by atoms with Gasteiger partial charge in [-0.05, 0) is 37.0 Å². The van der Waals surface area contributed by atoms with Crippen LogP contribution in [-0.2, 0) is 0 Å². The molecule has 21 heavy (non-hydrogen) atoms. The molecule has 0 bridgehead atoms. The number of piperazine rings is 1. The van der Waals surface area contributed by atoms with Crippen molar-refractivity contribution in [1.29, 1.82) is 0 Å². The predicted octanol–water partition coefficient (Wildman–Crippen LogP) is 2.57. The highest BCUT2D eigenvalue weighted by molar-refractivity contribution is 4.90. The fourth-order valence-corrected chi connectivity index (χ4v) is 4.51. The molecule has 122 valence electrons. The lowest BCUT2D eigenvalue weighted by atomic mass is 9.76. The summed E-state index contributed by atoms with van der Waals surface area (Å²) >= 11 is 0. The Hall–Kier alpha value is -0.120. The van der Waals surface area contributed by atoms with Crippen LogP contribution in [0.4, 0.5) is 0 Å². The topological polar surface area (TPSA) is 18.5 Å². The molecule has 0 aromatic heterocycles. The second kappa shape index (κ2) is 6.55. The lowest BCUT2D eigenvalue weighted by Crippen LogP contribution is -2.62. The summed E-state index contributed by atoms with van der Waals surface area (Å²) in [5, 5.41) is 3.41. The van der Waals surface area contributed by atoms with E-state index in [1.807, 2.05) is 0 Å². The summed E-state index contributed by atoms with van der Waals surface area (Å²) in [7, 11) is 0. The molecule has 3 rings (SSSR count). The zero-order valence-electron chi connectivity index (χ0n) is 14.4. The third kappa shape index (κ3) is 3.80. The molecule has 0 amide bonds. The van der Waals surface area contributed by atoms with Crippen LogP contribution < -0.4 is 5.32 Å². The van der Waals surface area contributed by atoms with E-state index < -0.39 is 0 Å². The molecule has 1 saturated carbocycles. The van der Waals surface area contributed by atoms with Gasteiger partial charge in [0.1, 0.15) is 0 Å². The highest BCUT2D eigenvalue weighted by atomic mass is 15.3. The van der Waals surface area contributed by atoms with Crippen molar-refractivity contribution in [3.8, 4) is 0 Å². The molecule has 3 nitrogen and oxygen atoms in total. The molecule has 2 saturated heterocycles. The minimum atomic E-state index is 0.505. The van der Waals surface area contributed by atoms with Gasteiger partial charge in [0.05, 0.1) is 0 Å². The molecular weight excluding hydrogens is 258 g/mol. The van der Waals surface area contributed by atoms with Crippen LogP contribution in [0.3, 0.4) is 0 Å². The molecule has 2 heterocycles. The largest absolute Gasteiger partial charge is 0.314 e. The van der Waals surface area contributed by atoms with Gasteiger partial charge in [0, 0.05) is 51.4 Å². The second-order valence-electron chi connectivity index (χ2n) is 8.61. The number of nitrogens with one attached hydrogen (secondary N) is 1. The second-order valence-corrected chi connectivity index (χ2v) is 8.61. The molecule has 3 aliphatic rings. The quantitative estimate of drug-likeness (QED) is 0.790. The summed E-state index contributed by atoms with van der Waals surface area (Å²) in [4.78, 5) is 5.52. The summed E-state index contributed by atoms with van der Waals surface area (Å²) < 4.78 is 0. The molecule has 0 aromatic rings. The van der Waals surface area contributed by atoms with Crippen LogP contribution in [0.25, 0.3) is 0 Å². The Balaban J connectivity index is 1.47. The van der Waals surface area contributed by atoms with Crippen LogP contribution in [0.2, 0.25) is 0 Å². The smallest absolute Gasteiger partial charge is 0.0346 e. The highest BCUT2D eigenvalue weighted by Gasteiger charge is 2.33. The van der Waals surface area contributed by atoms with Crippen molar-refractivity contribution < 1.29 is 0 Å². The Morgan fingerprint density at radius 1 is 0.762 bits per heavy atom. The van der Waals surface area contributed by atoms with Gasteiger partial charge < -0.3 is 5.32 Å². The van der Waals surface area contributed by atoms with Crippen molar-refractivity contribution in [3.05, 3.63) is 0 Å². The standard InChI is InChI=1S/C18H35N3/c1-18(2,3)15-5-4-6-16(8-7-15)20-9-11-21(12-10-20)17-13-19-14-17/h15-17,19H,4-14H2,1-3H3. The van der Waals surface area contributed by atoms with Crippen LogP contribution in [0.15, 0.2) is 0 Å². The molecule has 0 spiro atoms. The van der Waals surface area contributed by atoms with Crippen LogP contribution >= 0.6 is 0 Å². The van der Waals surface area contributed by atoms with Crippen molar-refractivity contribution in [2.45, 2.75) is 65.0 Å². The molecule has 2 aliphatic heterocycles. The highest BCUT2D eigenvalue weighted by Crippen LogP contribution is 2.37. The van der Waals surface area contributed by atoms with E-state index >= 15 is 0 Å². The average Bonchev–Trinajstić information content (AvgIpc) is 2.63. The van der Waals surface area contributed by atoms with Gasteiger partial charge in [0.15, 0.2) is 0 Å². The van der Waals surface area contributed by atoms with E-state index in [4.69, 9.17) is 0 Å². The summed E-state index contributed by atoms with van der Waals surface area (Å²) in [6, 6.07) is 1.71. The Kier molecular flexibility index (Phi) is 4.92. The number of rotatable bonds is 2. The monoisotopic (exact) mass is 293 g/mol. The normalized spacial score (nSPS) is 34.4. The van der Waals surface area contributed by atoms with Crippen LogP contribution in [0.5, 0.6) is 0 Å². The minimum Gasteiger partial charge on any atom is -0.314 e. The molecule has 2 unspecified atom stereocenters. The average molecular weight is 293 g/mol. The van der Waals surface area contributed by atoms with Crippen LogP contribution in [-0.4, -0.2) is 61.2 Å². The summed E-state index contributed by atoms with van der Waals surface area (Å²) in [5.41, 5.74) is 0.505. The first-order chi connectivity index (χ1) is 10.0. The molecule has 3 fully saturated rings. The zero-order valence-corrected chi connectivity index (χ0v) is 14.4. The first-order valence-electron chi connectivity index (χ1n) is 9.23. The molecule has 3 heteroatoms. The number of nitrogens with zero attached hydrogens (tertiary/aromatic N) is 2. The van der Waals surface area contributed by atoms with E-state index in [0.29, 0.717) is 5.41 Å². The third-order valence-electron chi connectivity index (χ3n) is 6.30. The Bertz CT molecular complexity index is 324. The lowest BCUT2D eigenvalue weighted by Gasteiger charge is -2.45. The van der Waals surface area contributed by atoms with Crippen molar-refractivity contribution in [2.75, 3.05) is 39.3 Å². The van der Waals surface area contributed by atoms with Crippen molar-refractivity contribution in [3.63, 3.8) is 0 Å². The van der Waals surface area contributed by atoms with Crippen molar-refractivity contribution in [1.82, 2.24) is 15.1 Å².